The summed E-state index contributed by atoms with van der Waals surface area (Å²) >= 11 is 0. The van der Waals surface area contributed by atoms with E-state index in [0.29, 0.717) is 12.1 Å². The van der Waals surface area contributed by atoms with Crippen molar-refractivity contribution in [1.82, 2.24) is 4.90 Å². The lowest BCUT2D eigenvalue weighted by Crippen LogP contribution is -2.47. The highest BCUT2D eigenvalue weighted by Gasteiger charge is 2.25. The van der Waals surface area contributed by atoms with Crippen molar-refractivity contribution in [3.8, 4) is 0 Å². The van der Waals surface area contributed by atoms with E-state index in [0.717, 1.165) is 13.0 Å². The van der Waals surface area contributed by atoms with E-state index >= 15 is 0 Å². The monoisotopic (exact) mass is 185 g/mol. The van der Waals surface area contributed by atoms with Crippen molar-refractivity contribution in [3.63, 3.8) is 0 Å². The highest BCUT2D eigenvalue weighted by Crippen LogP contribution is 2.22. The third kappa shape index (κ3) is 2.96. The summed E-state index contributed by atoms with van der Waals surface area (Å²) in [6, 6.07) is 1.31. The molecule has 2 nitrogen and oxygen atoms in total. The molecule has 0 radical (unpaired) electrons. The lowest BCUT2D eigenvalue weighted by molar-refractivity contribution is 0.0403. The fourth-order valence-corrected chi connectivity index (χ4v) is 2.21. The summed E-state index contributed by atoms with van der Waals surface area (Å²) in [6.07, 6.45) is 4.67. The second-order valence-corrected chi connectivity index (χ2v) is 4.39. The minimum Gasteiger partial charge on any atom is -0.392 e. The third-order valence-corrected chi connectivity index (χ3v) is 3.27. The molecule has 0 saturated carbocycles. The van der Waals surface area contributed by atoms with Crippen LogP contribution in [0.15, 0.2) is 0 Å². The normalized spacial score (nSPS) is 33.2. The van der Waals surface area contributed by atoms with Crippen molar-refractivity contribution in [3.05, 3.63) is 0 Å². The Morgan fingerprint density at radius 1 is 1.31 bits per heavy atom. The molecule has 1 rings (SSSR count). The molecule has 0 aromatic heterocycles. The van der Waals surface area contributed by atoms with E-state index in [1.807, 2.05) is 6.92 Å². The van der Waals surface area contributed by atoms with Crippen molar-refractivity contribution in [2.75, 3.05) is 6.54 Å². The summed E-state index contributed by atoms with van der Waals surface area (Å²) in [5.74, 6) is 0. The lowest BCUT2D eigenvalue weighted by Gasteiger charge is -2.39. The molecular formula is C11H23NO. The van der Waals surface area contributed by atoms with E-state index in [-0.39, 0.29) is 6.10 Å². The van der Waals surface area contributed by atoms with Crippen LogP contribution in [0.3, 0.4) is 0 Å². The van der Waals surface area contributed by atoms with Crippen molar-refractivity contribution < 1.29 is 5.11 Å². The van der Waals surface area contributed by atoms with E-state index < -0.39 is 0 Å². The largest absolute Gasteiger partial charge is 0.392 e. The topological polar surface area (TPSA) is 23.5 Å². The molecule has 0 spiro atoms. The quantitative estimate of drug-likeness (QED) is 0.727. The van der Waals surface area contributed by atoms with Gasteiger partial charge in [-0.3, -0.25) is 4.90 Å². The molecule has 1 aliphatic rings. The SMILES string of the molecule is CCC(O)CN1C(C)CCC[C@@H]1C. The number of β-amino-alcohol motifs (C(OH)–C–C–N with tert-alkyl or cyclic N) is 1. The number of piperidine rings is 1. The second-order valence-electron chi connectivity index (χ2n) is 4.39. The predicted molar refractivity (Wildman–Crippen MR) is 55.8 cm³/mol. The van der Waals surface area contributed by atoms with Crippen LogP contribution in [0.4, 0.5) is 0 Å². The molecule has 1 saturated heterocycles. The van der Waals surface area contributed by atoms with Gasteiger partial charge in [0.05, 0.1) is 6.10 Å². The lowest BCUT2D eigenvalue weighted by atomic mass is 9.97. The van der Waals surface area contributed by atoms with Crippen molar-refractivity contribution in [2.45, 2.75) is 64.6 Å². The van der Waals surface area contributed by atoms with Crippen LogP contribution in [0.25, 0.3) is 0 Å². The highest BCUT2D eigenvalue weighted by atomic mass is 16.3. The van der Waals surface area contributed by atoms with Gasteiger partial charge in [0.1, 0.15) is 0 Å². The molecule has 78 valence electrons. The molecule has 0 aromatic rings. The summed E-state index contributed by atoms with van der Waals surface area (Å²) in [4.78, 5) is 2.46. The zero-order valence-corrected chi connectivity index (χ0v) is 9.16. The Kier molecular flexibility index (Phi) is 4.20. The Morgan fingerprint density at radius 2 is 1.85 bits per heavy atom. The number of aliphatic hydroxyl groups excluding tert-OH is 1. The van der Waals surface area contributed by atoms with E-state index in [2.05, 4.69) is 18.7 Å². The molecule has 2 unspecified atom stereocenters. The summed E-state index contributed by atoms with van der Waals surface area (Å²) in [5.41, 5.74) is 0. The summed E-state index contributed by atoms with van der Waals surface area (Å²) < 4.78 is 0. The van der Waals surface area contributed by atoms with E-state index in [1.165, 1.54) is 19.3 Å². The van der Waals surface area contributed by atoms with Crippen LogP contribution in [0.1, 0.15) is 46.5 Å². The Labute approximate surface area is 81.9 Å². The predicted octanol–water partition coefficient (Wildman–Crippen LogP) is 2.02. The summed E-state index contributed by atoms with van der Waals surface area (Å²) in [5, 5.41) is 9.60. The Bertz CT molecular complexity index is 139. The fraction of sp³-hybridized carbons (Fsp3) is 1.00. The average molecular weight is 185 g/mol. The van der Waals surface area contributed by atoms with Crippen molar-refractivity contribution >= 4 is 0 Å². The first-order valence-corrected chi connectivity index (χ1v) is 5.59. The smallest absolute Gasteiger partial charge is 0.0664 e. The molecule has 1 N–H and O–H groups in total. The van der Waals surface area contributed by atoms with Crippen LogP contribution >= 0.6 is 0 Å². The van der Waals surface area contributed by atoms with Gasteiger partial charge in [0.25, 0.3) is 0 Å². The molecular weight excluding hydrogens is 162 g/mol. The van der Waals surface area contributed by atoms with E-state index in [9.17, 15) is 5.11 Å². The number of nitrogens with zero attached hydrogens (tertiary/aromatic N) is 1. The van der Waals surface area contributed by atoms with Crippen molar-refractivity contribution in [2.24, 2.45) is 0 Å². The van der Waals surface area contributed by atoms with Gasteiger partial charge in [-0.2, -0.15) is 0 Å². The maximum atomic E-state index is 9.60. The van der Waals surface area contributed by atoms with E-state index in [1.54, 1.807) is 0 Å². The minimum atomic E-state index is -0.136. The Balaban J connectivity index is 2.43. The van der Waals surface area contributed by atoms with Crippen LogP contribution in [0.2, 0.25) is 0 Å². The first-order chi connectivity index (χ1) is 6.15. The number of likely N-dealkylation sites (tertiary alicyclic amines) is 1. The Hall–Kier alpha value is -0.0800. The van der Waals surface area contributed by atoms with Crippen LogP contribution in [0, 0.1) is 0 Å². The summed E-state index contributed by atoms with van der Waals surface area (Å²) in [6.45, 7) is 7.46. The molecule has 0 aromatic carbocycles. The zero-order chi connectivity index (χ0) is 9.84. The molecule has 13 heavy (non-hydrogen) atoms. The maximum absolute atomic E-state index is 9.60. The molecule has 1 heterocycles. The van der Waals surface area contributed by atoms with Gasteiger partial charge in [0.2, 0.25) is 0 Å². The second kappa shape index (κ2) is 4.97. The fourth-order valence-electron chi connectivity index (χ4n) is 2.21. The third-order valence-electron chi connectivity index (χ3n) is 3.27. The van der Waals surface area contributed by atoms with Crippen molar-refractivity contribution in [1.29, 1.82) is 0 Å². The molecule has 1 fully saturated rings. The van der Waals surface area contributed by atoms with Gasteiger partial charge < -0.3 is 5.11 Å². The molecule has 1 aliphatic heterocycles. The first kappa shape index (κ1) is 11.0. The van der Waals surface area contributed by atoms with Gasteiger partial charge >= 0.3 is 0 Å². The average Bonchev–Trinajstić information content (AvgIpc) is 2.11. The molecule has 0 bridgehead atoms. The molecule has 0 amide bonds. The molecule has 2 heteroatoms. The van der Waals surface area contributed by atoms with Gasteiger partial charge in [0, 0.05) is 18.6 Å². The molecule has 0 aliphatic carbocycles. The van der Waals surface area contributed by atoms with Gasteiger partial charge in [-0.1, -0.05) is 13.3 Å². The Morgan fingerprint density at radius 3 is 2.31 bits per heavy atom. The first-order valence-electron chi connectivity index (χ1n) is 5.59. The number of aliphatic hydroxyl groups is 1. The minimum absolute atomic E-state index is 0.136. The number of hydrogen-bond acceptors (Lipinski definition) is 2. The maximum Gasteiger partial charge on any atom is 0.0664 e. The van der Waals surface area contributed by atoms with Crippen LogP contribution in [-0.4, -0.2) is 34.7 Å². The van der Waals surface area contributed by atoms with Crippen LogP contribution < -0.4 is 0 Å². The number of hydrogen-bond donors (Lipinski definition) is 1. The van der Waals surface area contributed by atoms with Crippen LogP contribution in [-0.2, 0) is 0 Å². The van der Waals surface area contributed by atoms with Gasteiger partial charge in [-0.05, 0) is 33.1 Å². The van der Waals surface area contributed by atoms with E-state index in [4.69, 9.17) is 0 Å². The van der Waals surface area contributed by atoms with Crippen LogP contribution in [0.5, 0.6) is 0 Å². The van der Waals surface area contributed by atoms with Gasteiger partial charge in [-0.15, -0.1) is 0 Å². The zero-order valence-electron chi connectivity index (χ0n) is 9.16. The van der Waals surface area contributed by atoms with Gasteiger partial charge in [0.15, 0.2) is 0 Å². The number of rotatable bonds is 3. The summed E-state index contributed by atoms with van der Waals surface area (Å²) in [7, 11) is 0. The van der Waals surface area contributed by atoms with Gasteiger partial charge in [-0.25, -0.2) is 0 Å². The standard InChI is InChI=1S/C11H23NO/c1-4-11(13)8-12-9(2)6-5-7-10(12)3/h9-11,13H,4-8H2,1-3H3/t9-,10?,11?/m0/s1. The highest BCUT2D eigenvalue weighted by molar-refractivity contribution is 4.80. The molecule has 3 atom stereocenters.